The number of nitrogens with one attached hydrogen (secondary N) is 1. The van der Waals surface area contributed by atoms with Gasteiger partial charge in [-0.25, -0.2) is 0 Å². The Morgan fingerprint density at radius 2 is 1.95 bits per heavy atom. The van der Waals surface area contributed by atoms with Crippen molar-refractivity contribution in [1.82, 2.24) is 4.98 Å². The van der Waals surface area contributed by atoms with Crippen molar-refractivity contribution in [2.24, 2.45) is 0 Å². The van der Waals surface area contributed by atoms with Gasteiger partial charge >= 0.3 is 6.18 Å². The number of aromatic nitrogens is 1. The smallest absolute Gasteiger partial charge is 0.321 e. The van der Waals surface area contributed by atoms with Crippen LogP contribution < -0.4 is 5.32 Å². The van der Waals surface area contributed by atoms with E-state index in [1.807, 2.05) is 6.07 Å². The highest BCUT2D eigenvalue weighted by molar-refractivity contribution is 14.1. The van der Waals surface area contributed by atoms with Crippen LogP contribution in [0.3, 0.4) is 0 Å². The van der Waals surface area contributed by atoms with Crippen molar-refractivity contribution in [2.75, 3.05) is 5.32 Å². The summed E-state index contributed by atoms with van der Waals surface area (Å²) in [5, 5.41) is 2.57. The molecule has 0 saturated heterocycles. The van der Waals surface area contributed by atoms with E-state index in [2.05, 4.69) is 32.9 Å². The van der Waals surface area contributed by atoms with Gasteiger partial charge in [-0.15, -0.1) is 0 Å². The van der Waals surface area contributed by atoms with E-state index >= 15 is 0 Å². The molecule has 104 valence electrons. The fourth-order valence-corrected chi connectivity index (χ4v) is 2.00. The van der Waals surface area contributed by atoms with E-state index in [9.17, 15) is 18.0 Å². The lowest BCUT2D eigenvalue weighted by Gasteiger charge is -2.07. The molecule has 0 radical (unpaired) electrons. The van der Waals surface area contributed by atoms with Gasteiger partial charge in [-0.1, -0.05) is 6.07 Å². The van der Waals surface area contributed by atoms with E-state index in [4.69, 9.17) is 0 Å². The first-order valence-electron chi connectivity index (χ1n) is 5.46. The Morgan fingerprint density at radius 1 is 1.20 bits per heavy atom. The van der Waals surface area contributed by atoms with Crippen LogP contribution in [0.4, 0.5) is 18.9 Å². The first-order valence-corrected chi connectivity index (χ1v) is 6.54. The number of nitrogens with zero attached hydrogens (tertiary/aromatic N) is 1. The zero-order valence-electron chi connectivity index (χ0n) is 9.91. The largest absolute Gasteiger partial charge is 0.417 e. The fraction of sp³-hybridized carbons (Fsp3) is 0.0769. The molecule has 0 aliphatic heterocycles. The number of amides is 1. The minimum absolute atomic E-state index is 0.0724. The summed E-state index contributed by atoms with van der Waals surface area (Å²) in [6.45, 7) is 0. The molecule has 0 atom stereocenters. The molecule has 1 heterocycles. The van der Waals surface area contributed by atoms with Gasteiger partial charge in [0.2, 0.25) is 0 Å². The minimum Gasteiger partial charge on any atom is -0.321 e. The molecule has 0 bridgehead atoms. The maximum Gasteiger partial charge on any atom is 0.417 e. The molecule has 0 unspecified atom stereocenters. The van der Waals surface area contributed by atoms with E-state index in [1.54, 1.807) is 18.2 Å². The predicted octanol–water partition coefficient (Wildman–Crippen LogP) is 3.96. The summed E-state index contributed by atoms with van der Waals surface area (Å²) >= 11 is 2.09. The topological polar surface area (TPSA) is 42.0 Å². The van der Waals surface area contributed by atoms with E-state index in [1.165, 1.54) is 0 Å². The summed E-state index contributed by atoms with van der Waals surface area (Å²) in [6.07, 6.45) is -3.82. The van der Waals surface area contributed by atoms with E-state index < -0.39 is 17.6 Å². The number of alkyl halides is 3. The monoisotopic (exact) mass is 392 g/mol. The van der Waals surface area contributed by atoms with Gasteiger partial charge in [0, 0.05) is 15.5 Å². The standard InChI is InChI=1S/C13H8F3IN2O/c14-13(15,16)8-4-5-11(18-7-8)12(20)19-10-3-1-2-9(17)6-10/h1-7H,(H,19,20). The number of anilines is 1. The molecule has 2 rings (SSSR count). The summed E-state index contributed by atoms with van der Waals surface area (Å²) in [5.74, 6) is -0.555. The number of hydrogen-bond donors (Lipinski definition) is 1. The molecule has 0 fully saturated rings. The second-order valence-corrected chi connectivity index (χ2v) is 5.14. The van der Waals surface area contributed by atoms with E-state index in [0.717, 1.165) is 15.7 Å². The summed E-state index contributed by atoms with van der Waals surface area (Å²) < 4.78 is 38.0. The second-order valence-electron chi connectivity index (χ2n) is 3.89. The van der Waals surface area contributed by atoms with Crippen LogP contribution in [0.25, 0.3) is 0 Å². The van der Waals surface area contributed by atoms with Crippen molar-refractivity contribution in [1.29, 1.82) is 0 Å². The minimum atomic E-state index is -4.46. The highest BCUT2D eigenvalue weighted by atomic mass is 127. The van der Waals surface area contributed by atoms with Crippen LogP contribution in [0.2, 0.25) is 0 Å². The summed E-state index contributed by atoms with van der Waals surface area (Å²) in [7, 11) is 0. The SMILES string of the molecule is O=C(Nc1cccc(I)c1)c1ccc(C(F)(F)F)cn1. The Kier molecular flexibility index (Phi) is 4.26. The number of carbonyl (C=O) groups excluding carboxylic acids is 1. The second kappa shape index (κ2) is 5.78. The number of benzene rings is 1. The maximum atomic E-state index is 12.4. The van der Waals surface area contributed by atoms with Crippen LogP contribution in [0, 0.1) is 3.57 Å². The van der Waals surface area contributed by atoms with Crippen molar-refractivity contribution in [3.8, 4) is 0 Å². The number of halogens is 4. The quantitative estimate of drug-likeness (QED) is 0.787. The lowest BCUT2D eigenvalue weighted by Crippen LogP contribution is -2.15. The molecule has 1 N–H and O–H groups in total. The lowest BCUT2D eigenvalue weighted by atomic mass is 10.2. The fourth-order valence-electron chi connectivity index (χ4n) is 1.46. The Bertz CT molecular complexity index is 626. The van der Waals surface area contributed by atoms with Crippen LogP contribution >= 0.6 is 22.6 Å². The molecule has 1 amide bonds. The first kappa shape index (κ1) is 14.8. The summed E-state index contributed by atoms with van der Waals surface area (Å²) in [4.78, 5) is 15.4. The number of hydrogen-bond acceptors (Lipinski definition) is 2. The van der Waals surface area contributed by atoms with Crippen LogP contribution in [-0.4, -0.2) is 10.9 Å². The normalized spacial score (nSPS) is 11.2. The van der Waals surface area contributed by atoms with Gasteiger partial charge in [-0.2, -0.15) is 13.2 Å². The third-order valence-corrected chi connectivity index (χ3v) is 3.08. The highest BCUT2D eigenvalue weighted by Gasteiger charge is 2.30. The molecular formula is C13H8F3IN2O. The summed E-state index contributed by atoms with van der Waals surface area (Å²) in [6, 6.07) is 8.92. The molecule has 7 heteroatoms. The van der Waals surface area contributed by atoms with Crippen molar-refractivity contribution >= 4 is 34.2 Å². The van der Waals surface area contributed by atoms with Crippen LogP contribution in [0.5, 0.6) is 0 Å². The zero-order valence-corrected chi connectivity index (χ0v) is 12.1. The Balaban J connectivity index is 2.14. The highest BCUT2D eigenvalue weighted by Crippen LogP contribution is 2.28. The van der Waals surface area contributed by atoms with Crippen molar-refractivity contribution in [2.45, 2.75) is 6.18 Å². The molecule has 20 heavy (non-hydrogen) atoms. The Hall–Kier alpha value is -1.64. The molecule has 1 aromatic carbocycles. The zero-order chi connectivity index (χ0) is 14.8. The van der Waals surface area contributed by atoms with Crippen LogP contribution in [-0.2, 0) is 6.18 Å². The van der Waals surface area contributed by atoms with Crippen molar-refractivity contribution < 1.29 is 18.0 Å². The third-order valence-electron chi connectivity index (χ3n) is 2.41. The maximum absolute atomic E-state index is 12.4. The van der Waals surface area contributed by atoms with Crippen molar-refractivity contribution in [3.05, 3.63) is 57.4 Å². The average molecular weight is 392 g/mol. The van der Waals surface area contributed by atoms with Gasteiger partial charge in [0.25, 0.3) is 5.91 Å². The third kappa shape index (κ3) is 3.69. The number of rotatable bonds is 2. The van der Waals surface area contributed by atoms with E-state index in [-0.39, 0.29) is 5.69 Å². The lowest BCUT2D eigenvalue weighted by molar-refractivity contribution is -0.137. The predicted molar refractivity (Wildman–Crippen MR) is 76.4 cm³/mol. The van der Waals surface area contributed by atoms with Gasteiger partial charge in [0.1, 0.15) is 5.69 Å². The first-order chi connectivity index (χ1) is 9.36. The van der Waals surface area contributed by atoms with E-state index in [0.29, 0.717) is 11.9 Å². The molecule has 0 aliphatic carbocycles. The molecule has 1 aromatic heterocycles. The average Bonchev–Trinajstić information content (AvgIpc) is 2.38. The Morgan fingerprint density at radius 3 is 2.50 bits per heavy atom. The van der Waals surface area contributed by atoms with Crippen LogP contribution in [0.1, 0.15) is 16.1 Å². The number of pyridine rings is 1. The van der Waals surface area contributed by atoms with Gasteiger partial charge in [0.15, 0.2) is 0 Å². The van der Waals surface area contributed by atoms with Crippen LogP contribution in [0.15, 0.2) is 42.6 Å². The van der Waals surface area contributed by atoms with Gasteiger partial charge in [0.05, 0.1) is 5.56 Å². The van der Waals surface area contributed by atoms with Gasteiger partial charge < -0.3 is 5.32 Å². The molecule has 2 aromatic rings. The van der Waals surface area contributed by atoms with Gasteiger partial charge in [-0.3, -0.25) is 9.78 Å². The Labute approximate surface area is 126 Å². The molecule has 3 nitrogen and oxygen atoms in total. The molecule has 0 saturated carbocycles. The molecule has 0 aliphatic rings. The molecule has 0 spiro atoms. The van der Waals surface area contributed by atoms with Gasteiger partial charge in [-0.05, 0) is 52.9 Å². The van der Waals surface area contributed by atoms with Crippen molar-refractivity contribution in [3.63, 3.8) is 0 Å². The number of carbonyl (C=O) groups is 1. The molecular weight excluding hydrogens is 384 g/mol. The summed E-state index contributed by atoms with van der Waals surface area (Å²) in [5.41, 5.74) is -0.399.